The first kappa shape index (κ1) is 17.7. The molecule has 3 aromatic rings. The lowest BCUT2D eigenvalue weighted by atomic mass is 9.97. The van der Waals surface area contributed by atoms with Gasteiger partial charge >= 0.3 is 5.69 Å². The second kappa shape index (κ2) is 7.48. The van der Waals surface area contributed by atoms with Crippen molar-refractivity contribution in [1.82, 2.24) is 34.0 Å². The molecule has 1 fully saturated rings. The van der Waals surface area contributed by atoms with Crippen molar-refractivity contribution in [2.75, 3.05) is 13.1 Å². The summed E-state index contributed by atoms with van der Waals surface area (Å²) in [7, 11) is 1.72. The maximum absolute atomic E-state index is 12.7. The molecule has 1 aliphatic heterocycles. The van der Waals surface area contributed by atoms with Crippen LogP contribution in [0.15, 0.2) is 41.5 Å². The van der Waals surface area contributed by atoms with Gasteiger partial charge in [0.25, 0.3) is 0 Å². The number of aryl methyl sites for hydroxylation is 2. The molecule has 8 nitrogen and oxygen atoms in total. The minimum absolute atomic E-state index is 0.0981. The second-order valence-corrected chi connectivity index (χ2v) is 7.00. The molecule has 8 heteroatoms. The van der Waals surface area contributed by atoms with Crippen LogP contribution in [0.25, 0.3) is 5.69 Å². The Balaban J connectivity index is 1.60. The highest BCUT2D eigenvalue weighted by molar-refractivity contribution is 5.33. The van der Waals surface area contributed by atoms with Gasteiger partial charge in [0, 0.05) is 26.1 Å². The molecule has 1 aromatic carbocycles. The van der Waals surface area contributed by atoms with Crippen molar-refractivity contribution in [2.45, 2.75) is 38.8 Å². The number of para-hydroxylation sites is 1. The van der Waals surface area contributed by atoms with Crippen LogP contribution in [0.4, 0.5) is 0 Å². The van der Waals surface area contributed by atoms with Crippen molar-refractivity contribution in [3.63, 3.8) is 0 Å². The van der Waals surface area contributed by atoms with Gasteiger partial charge < -0.3 is 0 Å². The number of likely N-dealkylation sites (tertiary alicyclic amines) is 1. The number of rotatable bonds is 5. The van der Waals surface area contributed by atoms with Gasteiger partial charge in [0.1, 0.15) is 18.0 Å². The van der Waals surface area contributed by atoms with Crippen molar-refractivity contribution < 1.29 is 0 Å². The summed E-state index contributed by atoms with van der Waals surface area (Å²) in [4.78, 5) is 19.5. The number of benzene rings is 1. The highest BCUT2D eigenvalue weighted by Gasteiger charge is 2.28. The fraction of sp³-hybridized carbons (Fsp3) is 0.474. The first-order chi connectivity index (χ1) is 13.2. The molecule has 4 rings (SSSR count). The summed E-state index contributed by atoms with van der Waals surface area (Å²) in [5.74, 6) is 2.04. The Labute approximate surface area is 158 Å². The monoisotopic (exact) mass is 367 g/mol. The van der Waals surface area contributed by atoms with Gasteiger partial charge in [0.05, 0.1) is 12.2 Å². The standard InChI is InChI=1S/C19H25N7O/c1-3-25-17(20-14-21-25)13-24-11-7-8-15(12-24)18-22-23(2)19(27)26(18)16-9-5-4-6-10-16/h4-6,9-10,14-15H,3,7-8,11-13H2,1-2H3/t15-/m1/s1. The fourth-order valence-electron chi connectivity index (χ4n) is 3.85. The molecule has 0 saturated carbocycles. The van der Waals surface area contributed by atoms with Crippen LogP contribution in [0.2, 0.25) is 0 Å². The molecule has 0 bridgehead atoms. The first-order valence-corrected chi connectivity index (χ1v) is 9.47. The van der Waals surface area contributed by atoms with Gasteiger partial charge in [-0.1, -0.05) is 18.2 Å². The Morgan fingerprint density at radius 1 is 1.22 bits per heavy atom. The highest BCUT2D eigenvalue weighted by atomic mass is 16.2. The molecule has 2 aromatic heterocycles. The quantitative estimate of drug-likeness (QED) is 0.684. The summed E-state index contributed by atoms with van der Waals surface area (Å²) in [5, 5.41) is 8.85. The van der Waals surface area contributed by atoms with Gasteiger partial charge in [-0.05, 0) is 38.4 Å². The van der Waals surface area contributed by atoms with E-state index in [1.54, 1.807) is 17.9 Å². The zero-order chi connectivity index (χ0) is 18.8. The molecule has 0 unspecified atom stereocenters. The predicted molar refractivity (Wildman–Crippen MR) is 102 cm³/mol. The number of nitrogens with zero attached hydrogens (tertiary/aromatic N) is 7. The molecular formula is C19H25N7O. The van der Waals surface area contributed by atoms with Crippen LogP contribution in [0, 0.1) is 0 Å². The lowest BCUT2D eigenvalue weighted by Crippen LogP contribution is -2.36. The van der Waals surface area contributed by atoms with Crippen molar-refractivity contribution in [3.05, 3.63) is 58.8 Å². The zero-order valence-corrected chi connectivity index (χ0v) is 15.8. The SMILES string of the molecule is CCn1ncnc1CN1CCC[C@@H](c2nn(C)c(=O)n2-c2ccccc2)C1. The summed E-state index contributed by atoms with van der Waals surface area (Å²) >= 11 is 0. The van der Waals surface area contributed by atoms with E-state index in [1.807, 2.05) is 35.0 Å². The summed E-state index contributed by atoms with van der Waals surface area (Å²) in [5.41, 5.74) is 0.771. The minimum atomic E-state index is -0.0981. The molecule has 27 heavy (non-hydrogen) atoms. The van der Waals surface area contributed by atoms with E-state index >= 15 is 0 Å². The number of aromatic nitrogens is 6. The van der Waals surface area contributed by atoms with Gasteiger partial charge in [-0.2, -0.15) is 10.2 Å². The lowest BCUT2D eigenvalue weighted by molar-refractivity contribution is 0.188. The van der Waals surface area contributed by atoms with E-state index in [-0.39, 0.29) is 11.6 Å². The van der Waals surface area contributed by atoms with Crippen LogP contribution in [0.3, 0.4) is 0 Å². The molecule has 0 spiro atoms. The third-order valence-electron chi connectivity index (χ3n) is 5.20. The number of hydrogen-bond donors (Lipinski definition) is 0. The first-order valence-electron chi connectivity index (χ1n) is 9.47. The average molecular weight is 367 g/mol. The Morgan fingerprint density at radius 3 is 2.81 bits per heavy atom. The molecule has 0 aliphatic carbocycles. The van der Waals surface area contributed by atoms with E-state index in [1.165, 1.54) is 4.68 Å². The summed E-state index contributed by atoms with van der Waals surface area (Å²) in [6.07, 6.45) is 3.72. The lowest BCUT2D eigenvalue weighted by Gasteiger charge is -2.31. The predicted octanol–water partition coefficient (Wildman–Crippen LogP) is 1.56. The second-order valence-electron chi connectivity index (χ2n) is 7.00. The van der Waals surface area contributed by atoms with Gasteiger partial charge in [-0.3, -0.25) is 4.90 Å². The van der Waals surface area contributed by atoms with Crippen LogP contribution >= 0.6 is 0 Å². The van der Waals surface area contributed by atoms with Crippen molar-refractivity contribution >= 4 is 0 Å². The maximum Gasteiger partial charge on any atom is 0.350 e. The fourth-order valence-corrected chi connectivity index (χ4v) is 3.85. The maximum atomic E-state index is 12.7. The molecular weight excluding hydrogens is 342 g/mol. The van der Waals surface area contributed by atoms with E-state index in [4.69, 9.17) is 0 Å². The minimum Gasteiger partial charge on any atom is -0.295 e. The summed E-state index contributed by atoms with van der Waals surface area (Å²) in [6, 6.07) is 9.76. The van der Waals surface area contributed by atoms with Crippen molar-refractivity contribution in [1.29, 1.82) is 0 Å². The van der Waals surface area contributed by atoms with E-state index < -0.39 is 0 Å². The molecule has 0 amide bonds. The number of hydrogen-bond acceptors (Lipinski definition) is 5. The summed E-state index contributed by atoms with van der Waals surface area (Å²) in [6.45, 7) is 5.55. The van der Waals surface area contributed by atoms with E-state index in [2.05, 4.69) is 27.0 Å². The normalized spacial score (nSPS) is 18.1. The average Bonchev–Trinajstić information content (AvgIpc) is 3.27. The molecule has 1 atom stereocenters. The largest absolute Gasteiger partial charge is 0.350 e. The van der Waals surface area contributed by atoms with Crippen LogP contribution in [-0.2, 0) is 20.1 Å². The molecule has 142 valence electrons. The third-order valence-corrected chi connectivity index (χ3v) is 5.20. The molecule has 1 aliphatic rings. The Morgan fingerprint density at radius 2 is 2.04 bits per heavy atom. The molecule has 3 heterocycles. The Kier molecular flexibility index (Phi) is 4.89. The van der Waals surface area contributed by atoms with Gasteiger partial charge in [0.2, 0.25) is 0 Å². The van der Waals surface area contributed by atoms with Gasteiger partial charge in [0.15, 0.2) is 0 Å². The molecule has 0 radical (unpaired) electrons. The highest BCUT2D eigenvalue weighted by Crippen LogP contribution is 2.27. The smallest absolute Gasteiger partial charge is 0.295 e. The van der Waals surface area contributed by atoms with Crippen LogP contribution in [-0.4, -0.2) is 47.1 Å². The Hall–Kier alpha value is -2.74. The van der Waals surface area contributed by atoms with Crippen LogP contribution in [0.5, 0.6) is 0 Å². The van der Waals surface area contributed by atoms with E-state index in [0.29, 0.717) is 0 Å². The number of piperidine rings is 1. The Bertz CT molecular complexity index is 956. The molecule has 1 saturated heterocycles. The van der Waals surface area contributed by atoms with Crippen molar-refractivity contribution in [3.8, 4) is 5.69 Å². The van der Waals surface area contributed by atoms with Crippen LogP contribution in [0.1, 0.15) is 37.3 Å². The summed E-state index contributed by atoms with van der Waals surface area (Å²) < 4.78 is 5.13. The molecule has 0 N–H and O–H groups in total. The van der Waals surface area contributed by atoms with E-state index in [0.717, 1.165) is 56.4 Å². The zero-order valence-electron chi connectivity index (χ0n) is 15.8. The van der Waals surface area contributed by atoms with Crippen LogP contribution < -0.4 is 5.69 Å². The van der Waals surface area contributed by atoms with Crippen molar-refractivity contribution in [2.24, 2.45) is 7.05 Å². The van der Waals surface area contributed by atoms with Gasteiger partial charge in [-0.25, -0.2) is 23.7 Å². The van der Waals surface area contributed by atoms with E-state index in [9.17, 15) is 4.79 Å². The van der Waals surface area contributed by atoms with Gasteiger partial charge in [-0.15, -0.1) is 0 Å². The third kappa shape index (κ3) is 3.44. The topological polar surface area (TPSA) is 73.8 Å².